The Balaban J connectivity index is 2.14. The van der Waals surface area contributed by atoms with Gasteiger partial charge in [-0.2, -0.15) is 0 Å². The largest absolute Gasteiger partial charge is 0.313 e. The minimum absolute atomic E-state index is 0.662. The molecular formula is C22H25N. The summed E-state index contributed by atoms with van der Waals surface area (Å²) in [7, 11) is 0. The van der Waals surface area contributed by atoms with Crippen molar-refractivity contribution < 1.29 is 0 Å². The zero-order valence-corrected chi connectivity index (χ0v) is 14.3. The Morgan fingerprint density at radius 2 is 1.65 bits per heavy atom. The number of hydrogen-bond donors (Lipinski definition) is 0. The van der Waals surface area contributed by atoms with Gasteiger partial charge in [-0.1, -0.05) is 56.8 Å². The first kappa shape index (κ1) is 15.6. The van der Waals surface area contributed by atoms with Gasteiger partial charge in [0.2, 0.25) is 0 Å². The van der Waals surface area contributed by atoms with E-state index >= 15 is 0 Å². The smallest absolute Gasteiger partial charge is 0.0537 e. The molecule has 0 saturated heterocycles. The van der Waals surface area contributed by atoms with Gasteiger partial charge in [0.15, 0.2) is 0 Å². The molecule has 0 unspecified atom stereocenters. The van der Waals surface area contributed by atoms with Crippen LogP contribution in [0.15, 0.2) is 55.1 Å². The van der Waals surface area contributed by atoms with Crippen LogP contribution >= 0.6 is 0 Å². The van der Waals surface area contributed by atoms with Gasteiger partial charge in [0.05, 0.1) is 5.52 Å². The van der Waals surface area contributed by atoms with Crippen molar-refractivity contribution in [3.8, 4) is 5.69 Å². The number of nitrogens with zero attached hydrogens (tertiary/aromatic N) is 1. The molecule has 1 heteroatoms. The van der Waals surface area contributed by atoms with E-state index in [2.05, 4.69) is 80.4 Å². The van der Waals surface area contributed by atoms with Crippen LogP contribution < -0.4 is 0 Å². The second-order valence-corrected chi connectivity index (χ2v) is 6.16. The average Bonchev–Trinajstić information content (AvgIpc) is 2.88. The normalized spacial score (nSPS) is 11.3. The minimum atomic E-state index is 0.662. The zero-order chi connectivity index (χ0) is 16.4. The maximum Gasteiger partial charge on any atom is 0.0537 e. The van der Waals surface area contributed by atoms with E-state index in [1.807, 2.05) is 6.08 Å². The molecule has 23 heavy (non-hydrogen) atoms. The van der Waals surface area contributed by atoms with Gasteiger partial charge >= 0.3 is 0 Å². The van der Waals surface area contributed by atoms with Crippen LogP contribution in [0.4, 0.5) is 0 Å². The molecule has 1 heterocycles. The molecule has 118 valence electrons. The summed E-state index contributed by atoms with van der Waals surface area (Å²) in [6.45, 7) is 10.7. The van der Waals surface area contributed by atoms with Crippen molar-refractivity contribution in [1.82, 2.24) is 4.57 Å². The molecule has 0 N–H and O–H groups in total. The summed E-state index contributed by atoms with van der Waals surface area (Å²) in [6, 6.07) is 17.6. The SMILES string of the molecule is C=Cc1c(C)n(-c2ccc(C(CC)CC)cc2)c2ccccc12. The summed E-state index contributed by atoms with van der Waals surface area (Å²) in [5.74, 6) is 0.662. The van der Waals surface area contributed by atoms with E-state index in [9.17, 15) is 0 Å². The summed E-state index contributed by atoms with van der Waals surface area (Å²) in [4.78, 5) is 0. The highest BCUT2D eigenvalue weighted by Crippen LogP contribution is 2.31. The summed E-state index contributed by atoms with van der Waals surface area (Å²) >= 11 is 0. The number of benzene rings is 2. The maximum absolute atomic E-state index is 4.00. The van der Waals surface area contributed by atoms with Crippen molar-refractivity contribution in [2.75, 3.05) is 0 Å². The van der Waals surface area contributed by atoms with E-state index in [-0.39, 0.29) is 0 Å². The van der Waals surface area contributed by atoms with Crippen LogP contribution in [0.1, 0.15) is 49.4 Å². The van der Waals surface area contributed by atoms with Crippen molar-refractivity contribution in [3.63, 3.8) is 0 Å². The number of fused-ring (bicyclic) bond motifs is 1. The summed E-state index contributed by atoms with van der Waals surface area (Å²) in [5, 5.41) is 1.27. The molecule has 0 bridgehead atoms. The molecule has 0 aliphatic heterocycles. The Labute approximate surface area is 139 Å². The molecule has 3 rings (SSSR count). The quantitative estimate of drug-likeness (QED) is 0.508. The summed E-state index contributed by atoms with van der Waals surface area (Å²) in [6.07, 6.45) is 4.36. The number of rotatable bonds is 5. The van der Waals surface area contributed by atoms with Crippen LogP contribution in [-0.2, 0) is 0 Å². The summed E-state index contributed by atoms with van der Waals surface area (Å²) in [5.41, 5.74) is 6.38. The van der Waals surface area contributed by atoms with Gasteiger partial charge in [0.1, 0.15) is 0 Å². The monoisotopic (exact) mass is 303 g/mol. The van der Waals surface area contributed by atoms with Gasteiger partial charge < -0.3 is 4.57 Å². The lowest BCUT2D eigenvalue weighted by Gasteiger charge is -2.14. The molecule has 1 nitrogen and oxygen atoms in total. The van der Waals surface area contributed by atoms with E-state index in [0.717, 1.165) is 0 Å². The molecule has 0 atom stereocenters. The Morgan fingerprint density at radius 1 is 1.00 bits per heavy atom. The Hall–Kier alpha value is -2.28. The predicted octanol–water partition coefficient (Wildman–Crippen LogP) is 6.49. The second-order valence-electron chi connectivity index (χ2n) is 6.16. The number of para-hydroxylation sites is 1. The van der Waals surface area contributed by atoms with Crippen LogP contribution in [0.5, 0.6) is 0 Å². The molecule has 0 saturated carbocycles. The Kier molecular flexibility index (Phi) is 4.38. The molecule has 0 fully saturated rings. The topological polar surface area (TPSA) is 4.93 Å². The third kappa shape index (κ3) is 2.61. The fourth-order valence-corrected chi connectivity index (χ4v) is 3.64. The highest BCUT2D eigenvalue weighted by Gasteiger charge is 2.13. The second kappa shape index (κ2) is 6.45. The molecular weight excluding hydrogens is 278 g/mol. The standard InChI is InChI=1S/C22H25N/c1-5-17(6-2)18-12-14-19(15-13-18)23-16(4)20(7-3)21-10-8-9-11-22(21)23/h7-15,17H,3,5-6H2,1-2,4H3. The molecule has 0 spiro atoms. The first-order valence-electron chi connectivity index (χ1n) is 8.54. The predicted molar refractivity (Wildman–Crippen MR) is 101 cm³/mol. The molecule has 0 radical (unpaired) electrons. The molecule has 1 aromatic heterocycles. The Bertz CT molecular complexity index is 817. The van der Waals surface area contributed by atoms with Crippen LogP contribution in [0.3, 0.4) is 0 Å². The third-order valence-corrected chi connectivity index (χ3v) is 4.97. The number of hydrogen-bond acceptors (Lipinski definition) is 0. The van der Waals surface area contributed by atoms with Crippen molar-refractivity contribution in [3.05, 3.63) is 71.9 Å². The van der Waals surface area contributed by atoms with Crippen LogP contribution in [-0.4, -0.2) is 4.57 Å². The zero-order valence-electron chi connectivity index (χ0n) is 14.3. The first-order chi connectivity index (χ1) is 11.2. The van der Waals surface area contributed by atoms with E-state index < -0.39 is 0 Å². The van der Waals surface area contributed by atoms with Crippen molar-refractivity contribution in [1.29, 1.82) is 0 Å². The molecule has 0 amide bonds. The maximum atomic E-state index is 4.00. The fourth-order valence-electron chi connectivity index (χ4n) is 3.64. The minimum Gasteiger partial charge on any atom is -0.313 e. The molecule has 0 aliphatic rings. The molecule has 0 aliphatic carbocycles. The molecule has 2 aromatic carbocycles. The lowest BCUT2D eigenvalue weighted by atomic mass is 9.94. The van der Waals surface area contributed by atoms with Crippen molar-refractivity contribution in [2.24, 2.45) is 0 Å². The van der Waals surface area contributed by atoms with E-state index in [1.165, 1.54) is 46.3 Å². The van der Waals surface area contributed by atoms with Gasteiger partial charge in [0, 0.05) is 22.3 Å². The lowest BCUT2D eigenvalue weighted by molar-refractivity contribution is 0.642. The van der Waals surface area contributed by atoms with Crippen molar-refractivity contribution >= 4 is 17.0 Å². The number of aromatic nitrogens is 1. The third-order valence-electron chi connectivity index (χ3n) is 4.97. The first-order valence-corrected chi connectivity index (χ1v) is 8.54. The van der Waals surface area contributed by atoms with Crippen LogP contribution in [0, 0.1) is 6.92 Å². The van der Waals surface area contributed by atoms with Gasteiger partial charge in [-0.15, -0.1) is 0 Å². The summed E-state index contributed by atoms with van der Waals surface area (Å²) < 4.78 is 2.34. The highest BCUT2D eigenvalue weighted by atomic mass is 15.0. The average molecular weight is 303 g/mol. The van der Waals surface area contributed by atoms with Crippen LogP contribution in [0.2, 0.25) is 0 Å². The lowest BCUT2D eigenvalue weighted by Crippen LogP contribution is -1.99. The van der Waals surface area contributed by atoms with E-state index in [4.69, 9.17) is 0 Å². The molecule has 3 aromatic rings. The van der Waals surface area contributed by atoms with E-state index in [0.29, 0.717) is 5.92 Å². The van der Waals surface area contributed by atoms with Gasteiger partial charge in [-0.25, -0.2) is 0 Å². The highest BCUT2D eigenvalue weighted by molar-refractivity contribution is 5.92. The van der Waals surface area contributed by atoms with Gasteiger partial charge in [-0.3, -0.25) is 0 Å². The van der Waals surface area contributed by atoms with E-state index in [1.54, 1.807) is 0 Å². The fraction of sp³-hybridized carbons (Fsp3) is 0.273. The van der Waals surface area contributed by atoms with Crippen molar-refractivity contribution in [2.45, 2.75) is 39.5 Å². The van der Waals surface area contributed by atoms with Gasteiger partial charge in [0.25, 0.3) is 0 Å². The van der Waals surface area contributed by atoms with Gasteiger partial charge in [-0.05, 0) is 49.4 Å². The van der Waals surface area contributed by atoms with Crippen LogP contribution in [0.25, 0.3) is 22.7 Å². The Morgan fingerprint density at radius 3 is 2.26 bits per heavy atom.